The molecule has 1 aromatic carbocycles. The van der Waals surface area contributed by atoms with E-state index in [0.717, 1.165) is 0 Å². The molecule has 0 aliphatic rings. The van der Waals surface area contributed by atoms with Crippen LogP contribution in [0.2, 0.25) is 0 Å². The highest BCUT2D eigenvalue weighted by Crippen LogP contribution is 2.18. The average Bonchev–Trinajstić information content (AvgIpc) is 2.75. The maximum atomic E-state index is 12.8. The quantitative estimate of drug-likeness (QED) is 0.908. The lowest BCUT2D eigenvalue weighted by atomic mass is 10.1. The number of rotatable bonds is 3. The van der Waals surface area contributed by atoms with Gasteiger partial charge in [-0.25, -0.2) is 4.39 Å². The highest BCUT2D eigenvalue weighted by atomic mass is 19.1. The standard InChI is InChI=1S/C13H16FN3O/c1-13(2,3)15-8-11-16-17-12(18-11)9-4-6-10(14)7-5-9/h4-7,15H,8H2,1-3H3. The Balaban J connectivity index is 2.08. The Hall–Kier alpha value is -1.75. The first-order chi connectivity index (χ1) is 8.44. The van der Waals surface area contributed by atoms with Gasteiger partial charge in [0.25, 0.3) is 0 Å². The van der Waals surface area contributed by atoms with Crippen LogP contribution in [0.5, 0.6) is 0 Å². The summed E-state index contributed by atoms with van der Waals surface area (Å²) in [7, 11) is 0. The molecule has 0 amide bonds. The summed E-state index contributed by atoms with van der Waals surface area (Å²) in [6, 6.07) is 5.97. The Morgan fingerprint density at radius 3 is 2.44 bits per heavy atom. The zero-order chi connectivity index (χ0) is 13.2. The van der Waals surface area contributed by atoms with Crippen LogP contribution in [0.25, 0.3) is 11.5 Å². The Morgan fingerprint density at radius 1 is 1.17 bits per heavy atom. The normalized spacial score (nSPS) is 11.8. The predicted molar refractivity (Wildman–Crippen MR) is 66.3 cm³/mol. The van der Waals surface area contributed by atoms with E-state index < -0.39 is 0 Å². The van der Waals surface area contributed by atoms with Crippen LogP contribution < -0.4 is 5.32 Å². The van der Waals surface area contributed by atoms with Crippen molar-refractivity contribution in [2.24, 2.45) is 0 Å². The summed E-state index contributed by atoms with van der Waals surface area (Å²) in [5.74, 6) is 0.637. The molecular weight excluding hydrogens is 233 g/mol. The van der Waals surface area contributed by atoms with Gasteiger partial charge in [0.15, 0.2) is 0 Å². The van der Waals surface area contributed by atoms with Gasteiger partial charge in [-0.2, -0.15) is 0 Å². The summed E-state index contributed by atoms with van der Waals surface area (Å²) in [4.78, 5) is 0. The number of hydrogen-bond donors (Lipinski definition) is 1. The van der Waals surface area contributed by atoms with Crippen molar-refractivity contribution in [2.45, 2.75) is 32.9 Å². The van der Waals surface area contributed by atoms with Gasteiger partial charge in [0.05, 0.1) is 6.54 Å². The molecule has 2 aromatic rings. The molecule has 1 aromatic heterocycles. The van der Waals surface area contributed by atoms with E-state index in [2.05, 4.69) is 36.3 Å². The smallest absolute Gasteiger partial charge is 0.247 e. The van der Waals surface area contributed by atoms with Gasteiger partial charge in [-0.15, -0.1) is 10.2 Å². The maximum absolute atomic E-state index is 12.8. The molecular formula is C13H16FN3O. The number of aromatic nitrogens is 2. The Morgan fingerprint density at radius 2 is 1.83 bits per heavy atom. The molecule has 0 aliphatic carbocycles. The van der Waals surface area contributed by atoms with Crippen molar-refractivity contribution >= 4 is 0 Å². The lowest BCUT2D eigenvalue weighted by molar-refractivity contribution is 0.383. The van der Waals surface area contributed by atoms with E-state index in [1.807, 2.05) is 0 Å². The molecule has 5 heteroatoms. The first kappa shape index (κ1) is 12.7. The van der Waals surface area contributed by atoms with E-state index in [0.29, 0.717) is 23.9 Å². The number of nitrogens with one attached hydrogen (secondary N) is 1. The van der Waals surface area contributed by atoms with Crippen LogP contribution in [0.1, 0.15) is 26.7 Å². The summed E-state index contributed by atoms with van der Waals surface area (Å²) in [6.45, 7) is 6.69. The molecule has 0 bridgehead atoms. The molecule has 0 aliphatic heterocycles. The molecule has 0 atom stereocenters. The molecule has 18 heavy (non-hydrogen) atoms. The Kier molecular flexibility index (Phi) is 3.43. The van der Waals surface area contributed by atoms with Gasteiger partial charge in [-0.1, -0.05) is 0 Å². The van der Waals surface area contributed by atoms with Crippen LogP contribution in [-0.2, 0) is 6.54 Å². The second kappa shape index (κ2) is 4.86. The molecule has 0 unspecified atom stereocenters. The second-order valence-corrected chi connectivity index (χ2v) is 5.11. The van der Waals surface area contributed by atoms with Crippen LogP contribution in [0, 0.1) is 5.82 Å². The zero-order valence-corrected chi connectivity index (χ0v) is 10.7. The van der Waals surface area contributed by atoms with Gasteiger partial charge < -0.3 is 9.73 Å². The molecule has 0 spiro atoms. The fourth-order valence-corrected chi connectivity index (χ4v) is 1.37. The van der Waals surface area contributed by atoms with E-state index in [9.17, 15) is 4.39 Å². The van der Waals surface area contributed by atoms with Gasteiger partial charge in [-0.3, -0.25) is 0 Å². The number of halogens is 1. The molecule has 0 radical (unpaired) electrons. The number of benzene rings is 1. The summed E-state index contributed by atoms with van der Waals surface area (Å²) in [6.07, 6.45) is 0. The minimum atomic E-state index is -0.284. The first-order valence-corrected chi connectivity index (χ1v) is 5.77. The van der Waals surface area contributed by atoms with Gasteiger partial charge in [0.2, 0.25) is 11.8 Å². The molecule has 0 saturated heterocycles. The van der Waals surface area contributed by atoms with Crippen LogP contribution >= 0.6 is 0 Å². The summed E-state index contributed by atoms with van der Waals surface area (Å²) >= 11 is 0. The Labute approximate surface area is 105 Å². The van der Waals surface area contributed by atoms with Crippen LogP contribution in [0.4, 0.5) is 4.39 Å². The van der Waals surface area contributed by atoms with Crippen molar-refractivity contribution in [3.8, 4) is 11.5 Å². The van der Waals surface area contributed by atoms with E-state index in [-0.39, 0.29) is 11.4 Å². The van der Waals surface area contributed by atoms with Gasteiger partial charge in [-0.05, 0) is 45.0 Å². The van der Waals surface area contributed by atoms with E-state index >= 15 is 0 Å². The van der Waals surface area contributed by atoms with E-state index in [4.69, 9.17) is 4.42 Å². The third kappa shape index (κ3) is 3.37. The van der Waals surface area contributed by atoms with Crippen LogP contribution in [-0.4, -0.2) is 15.7 Å². The summed E-state index contributed by atoms with van der Waals surface area (Å²) < 4.78 is 18.3. The van der Waals surface area contributed by atoms with E-state index in [1.54, 1.807) is 12.1 Å². The van der Waals surface area contributed by atoms with E-state index in [1.165, 1.54) is 12.1 Å². The van der Waals surface area contributed by atoms with Gasteiger partial charge in [0, 0.05) is 11.1 Å². The van der Waals surface area contributed by atoms with Crippen molar-refractivity contribution in [1.82, 2.24) is 15.5 Å². The fourth-order valence-electron chi connectivity index (χ4n) is 1.37. The number of nitrogens with zero attached hydrogens (tertiary/aromatic N) is 2. The number of hydrogen-bond acceptors (Lipinski definition) is 4. The Bertz CT molecular complexity index is 514. The summed E-state index contributed by atoms with van der Waals surface area (Å²) in [5.41, 5.74) is 0.704. The van der Waals surface area contributed by atoms with Crippen molar-refractivity contribution < 1.29 is 8.81 Å². The van der Waals surface area contributed by atoms with Gasteiger partial charge >= 0.3 is 0 Å². The zero-order valence-electron chi connectivity index (χ0n) is 10.7. The maximum Gasteiger partial charge on any atom is 0.247 e. The molecule has 0 saturated carbocycles. The minimum absolute atomic E-state index is 0.00942. The minimum Gasteiger partial charge on any atom is -0.419 e. The van der Waals surface area contributed by atoms with Crippen molar-refractivity contribution in [3.05, 3.63) is 36.0 Å². The third-order valence-corrected chi connectivity index (χ3v) is 2.33. The van der Waals surface area contributed by atoms with Gasteiger partial charge in [0.1, 0.15) is 5.82 Å². The second-order valence-electron chi connectivity index (χ2n) is 5.11. The summed E-state index contributed by atoms with van der Waals surface area (Å²) in [5, 5.41) is 11.1. The topological polar surface area (TPSA) is 51.0 Å². The monoisotopic (exact) mass is 249 g/mol. The SMILES string of the molecule is CC(C)(C)NCc1nnc(-c2ccc(F)cc2)o1. The molecule has 0 fully saturated rings. The fraction of sp³-hybridized carbons (Fsp3) is 0.385. The molecule has 1 N–H and O–H groups in total. The van der Waals surface area contributed by atoms with Crippen molar-refractivity contribution in [1.29, 1.82) is 0 Å². The highest BCUT2D eigenvalue weighted by molar-refractivity contribution is 5.51. The van der Waals surface area contributed by atoms with Crippen LogP contribution in [0.3, 0.4) is 0 Å². The molecule has 2 rings (SSSR count). The molecule has 1 heterocycles. The lowest BCUT2D eigenvalue weighted by Gasteiger charge is -2.18. The van der Waals surface area contributed by atoms with Crippen LogP contribution in [0.15, 0.2) is 28.7 Å². The molecule has 96 valence electrons. The van der Waals surface area contributed by atoms with Crippen molar-refractivity contribution in [3.63, 3.8) is 0 Å². The lowest BCUT2D eigenvalue weighted by Crippen LogP contribution is -2.35. The largest absolute Gasteiger partial charge is 0.419 e. The molecule has 4 nitrogen and oxygen atoms in total. The first-order valence-electron chi connectivity index (χ1n) is 5.77. The van der Waals surface area contributed by atoms with Crippen molar-refractivity contribution in [2.75, 3.05) is 0 Å². The average molecular weight is 249 g/mol. The third-order valence-electron chi connectivity index (χ3n) is 2.33. The predicted octanol–water partition coefficient (Wildman–Crippen LogP) is 2.76. The highest BCUT2D eigenvalue weighted by Gasteiger charge is 2.12.